The third-order valence-electron chi connectivity index (χ3n) is 5.77. The number of aromatic nitrogens is 2. The molecule has 0 fully saturated rings. The number of carbonyl (C=O) groups is 1. The molecular formula is C21H30N2O4S. The Balaban J connectivity index is 2.03. The summed E-state index contributed by atoms with van der Waals surface area (Å²) in [5.74, 6) is 0.455. The molecule has 28 heavy (non-hydrogen) atoms. The second kappa shape index (κ2) is 8.33. The number of carboxylic acids is 1. The average Bonchev–Trinajstić information content (AvgIpc) is 2.98. The first-order valence-electron chi connectivity index (χ1n) is 9.97. The Bertz CT molecular complexity index is 923. The van der Waals surface area contributed by atoms with Crippen molar-refractivity contribution in [3.63, 3.8) is 0 Å². The Morgan fingerprint density at radius 2 is 2.14 bits per heavy atom. The zero-order valence-electron chi connectivity index (χ0n) is 17.2. The fourth-order valence-corrected chi connectivity index (χ4v) is 5.35. The molecule has 7 heteroatoms. The van der Waals surface area contributed by atoms with E-state index in [0.717, 1.165) is 29.5 Å². The van der Waals surface area contributed by atoms with Crippen molar-refractivity contribution in [3.8, 4) is 0 Å². The SMILES string of the molecule is COCCc1nc2sc3c(c2c(=O)n1CCCC(=O)O)CCC(C(C)(C)C)C3. The summed E-state index contributed by atoms with van der Waals surface area (Å²) >= 11 is 1.66. The highest BCUT2D eigenvalue weighted by atomic mass is 32.1. The van der Waals surface area contributed by atoms with Crippen LogP contribution in [0.1, 0.15) is 56.3 Å². The van der Waals surface area contributed by atoms with Gasteiger partial charge < -0.3 is 9.84 Å². The molecule has 0 radical (unpaired) electrons. The molecule has 0 aliphatic heterocycles. The molecule has 1 unspecified atom stereocenters. The Hall–Kier alpha value is -1.73. The number of hydrogen-bond donors (Lipinski definition) is 1. The summed E-state index contributed by atoms with van der Waals surface area (Å²) in [5.41, 5.74) is 1.40. The lowest BCUT2D eigenvalue weighted by atomic mass is 9.72. The third-order valence-corrected chi connectivity index (χ3v) is 6.92. The maximum absolute atomic E-state index is 13.3. The van der Waals surface area contributed by atoms with Crippen LogP contribution in [-0.4, -0.2) is 34.3 Å². The molecule has 0 saturated heterocycles. The molecule has 154 valence electrons. The van der Waals surface area contributed by atoms with Crippen LogP contribution >= 0.6 is 11.3 Å². The quantitative estimate of drug-likeness (QED) is 0.759. The van der Waals surface area contributed by atoms with Crippen molar-refractivity contribution >= 4 is 27.5 Å². The van der Waals surface area contributed by atoms with Gasteiger partial charge in [-0.15, -0.1) is 11.3 Å². The van der Waals surface area contributed by atoms with E-state index in [4.69, 9.17) is 14.8 Å². The minimum absolute atomic E-state index is 0.0202. The summed E-state index contributed by atoms with van der Waals surface area (Å²) in [5, 5.41) is 9.69. The highest BCUT2D eigenvalue weighted by molar-refractivity contribution is 7.18. The number of aryl methyl sites for hydroxylation is 1. The van der Waals surface area contributed by atoms with E-state index in [9.17, 15) is 9.59 Å². The molecule has 0 spiro atoms. The highest BCUT2D eigenvalue weighted by Gasteiger charge is 2.32. The van der Waals surface area contributed by atoms with Crippen LogP contribution in [0.15, 0.2) is 4.79 Å². The molecule has 2 aromatic heterocycles. The smallest absolute Gasteiger partial charge is 0.303 e. The van der Waals surface area contributed by atoms with Gasteiger partial charge in [0.05, 0.1) is 12.0 Å². The van der Waals surface area contributed by atoms with Gasteiger partial charge >= 0.3 is 5.97 Å². The number of ether oxygens (including phenoxy) is 1. The van der Waals surface area contributed by atoms with Crippen LogP contribution in [-0.2, 0) is 35.3 Å². The van der Waals surface area contributed by atoms with Crippen LogP contribution in [0.5, 0.6) is 0 Å². The molecular weight excluding hydrogens is 376 g/mol. The number of thiophene rings is 1. The van der Waals surface area contributed by atoms with Gasteiger partial charge in [0.25, 0.3) is 5.56 Å². The lowest BCUT2D eigenvalue weighted by molar-refractivity contribution is -0.137. The number of fused-ring (bicyclic) bond motifs is 3. The predicted octanol–water partition coefficient (Wildman–Crippen LogP) is 3.66. The average molecular weight is 407 g/mol. The fourth-order valence-electron chi connectivity index (χ4n) is 4.04. The monoisotopic (exact) mass is 406 g/mol. The fraction of sp³-hybridized carbons (Fsp3) is 0.667. The van der Waals surface area contributed by atoms with Crippen molar-refractivity contribution < 1.29 is 14.6 Å². The number of rotatable bonds is 7. The van der Waals surface area contributed by atoms with Crippen molar-refractivity contribution in [1.29, 1.82) is 0 Å². The van der Waals surface area contributed by atoms with Crippen molar-refractivity contribution in [2.24, 2.45) is 11.3 Å². The van der Waals surface area contributed by atoms with Crippen LogP contribution in [0.25, 0.3) is 10.2 Å². The molecule has 0 bridgehead atoms. The first kappa shape index (κ1) is 21.0. The molecule has 2 heterocycles. The summed E-state index contributed by atoms with van der Waals surface area (Å²) < 4.78 is 6.86. The van der Waals surface area contributed by atoms with E-state index in [1.807, 2.05) is 0 Å². The van der Waals surface area contributed by atoms with E-state index in [-0.39, 0.29) is 17.4 Å². The molecule has 0 saturated carbocycles. The zero-order chi connectivity index (χ0) is 20.5. The van der Waals surface area contributed by atoms with Gasteiger partial charge in [-0.3, -0.25) is 14.2 Å². The molecule has 1 aliphatic rings. The maximum Gasteiger partial charge on any atom is 0.303 e. The Kier molecular flexibility index (Phi) is 6.25. The number of hydrogen-bond acceptors (Lipinski definition) is 5. The lowest BCUT2D eigenvalue weighted by Gasteiger charge is -2.33. The van der Waals surface area contributed by atoms with Crippen LogP contribution in [0.3, 0.4) is 0 Å². The van der Waals surface area contributed by atoms with Gasteiger partial charge in [-0.05, 0) is 42.6 Å². The van der Waals surface area contributed by atoms with Gasteiger partial charge in [-0.25, -0.2) is 4.98 Å². The zero-order valence-corrected chi connectivity index (χ0v) is 18.0. The van der Waals surface area contributed by atoms with Crippen molar-refractivity contribution in [2.75, 3.05) is 13.7 Å². The molecule has 1 aliphatic carbocycles. The Labute approximate surface area is 169 Å². The van der Waals surface area contributed by atoms with Gasteiger partial charge in [-0.2, -0.15) is 0 Å². The number of aliphatic carboxylic acids is 1. The molecule has 2 aromatic rings. The van der Waals surface area contributed by atoms with Gasteiger partial charge in [0.15, 0.2) is 0 Å². The van der Waals surface area contributed by atoms with E-state index in [0.29, 0.717) is 37.7 Å². The third kappa shape index (κ3) is 4.30. The maximum atomic E-state index is 13.3. The topological polar surface area (TPSA) is 81.4 Å². The van der Waals surface area contributed by atoms with E-state index < -0.39 is 5.97 Å². The van der Waals surface area contributed by atoms with Gasteiger partial charge in [0.1, 0.15) is 10.7 Å². The van der Waals surface area contributed by atoms with Crippen molar-refractivity contribution in [3.05, 3.63) is 26.6 Å². The molecule has 1 N–H and O–H groups in total. The van der Waals surface area contributed by atoms with Crippen LogP contribution in [0.2, 0.25) is 0 Å². The number of methoxy groups -OCH3 is 1. The largest absolute Gasteiger partial charge is 0.481 e. The minimum Gasteiger partial charge on any atom is -0.481 e. The summed E-state index contributed by atoms with van der Waals surface area (Å²) in [4.78, 5) is 31.2. The lowest BCUT2D eigenvalue weighted by Crippen LogP contribution is -2.28. The molecule has 0 aromatic carbocycles. The molecule has 0 amide bonds. The first-order valence-corrected chi connectivity index (χ1v) is 10.8. The van der Waals surface area contributed by atoms with Crippen LogP contribution < -0.4 is 5.56 Å². The van der Waals surface area contributed by atoms with E-state index in [2.05, 4.69) is 20.8 Å². The van der Waals surface area contributed by atoms with Gasteiger partial charge in [-0.1, -0.05) is 20.8 Å². The number of nitrogens with zero attached hydrogens (tertiary/aromatic N) is 2. The summed E-state index contributed by atoms with van der Waals surface area (Å²) in [7, 11) is 1.63. The van der Waals surface area contributed by atoms with Crippen LogP contribution in [0.4, 0.5) is 0 Å². The highest BCUT2D eigenvalue weighted by Crippen LogP contribution is 2.42. The minimum atomic E-state index is -0.846. The molecule has 6 nitrogen and oxygen atoms in total. The molecule has 3 rings (SSSR count). The summed E-state index contributed by atoms with van der Waals surface area (Å²) in [6.45, 7) is 7.71. The van der Waals surface area contributed by atoms with E-state index >= 15 is 0 Å². The van der Waals surface area contributed by atoms with Crippen LogP contribution in [0, 0.1) is 11.3 Å². The normalized spacial score (nSPS) is 17.1. The van der Waals surface area contributed by atoms with Crippen molar-refractivity contribution in [2.45, 2.75) is 65.8 Å². The van der Waals surface area contributed by atoms with E-state index in [1.165, 1.54) is 10.4 Å². The number of carboxylic acid groups (broad SMARTS) is 1. The second-order valence-corrected chi connectivity index (χ2v) is 9.80. The summed E-state index contributed by atoms with van der Waals surface area (Å²) in [6, 6.07) is 0. The standard InChI is InChI=1S/C21H30N2O4S/c1-21(2,3)13-7-8-14-15(12-13)28-19-18(14)20(26)23(10-5-6-17(24)25)16(22-19)9-11-27-4/h13H,5-12H2,1-4H3,(H,24,25). The predicted molar refractivity (Wildman–Crippen MR) is 111 cm³/mol. The van der Waals surface area contributed by atoms with E-state index in [1.54, 1.807) is 23.0 Å². The Morgan fingerprint density at radius 3 is 2.79 bits per heavy atom. The first-order chi connectivity index (χ1) is 13.2. The van der Waals surface area contributed by atoms with Gasteiger partial charge in [0.2, 0.25) is 0 Å². The Morgan fingerprint density at radius 1 is 1.39 bits per heavy atom. The molecule has 1 atom stereocenters. The van der Waals surface area contributed by atoms with Crippen molar-refractivity contribution in [1.82, 2.24) is 9.55 Å². The van der Waals surface area contributed by atoms with Gasteiger partial charge in [0, 0.05) is 31.4 Å². The summed E-state index contributed by atoms with van der Waals surface area (Å²) in [6.07, 6.45) is 4.02. The second-order valence-electron chi connectivity index (χ2n) is 8.71.